The van der Waals surface area contributed by atoms with Crippen LogP contribution in [0, 0.1) is 0 Å². The second-order valence-electron chi connectivity index (χ2n) is 22.1. The van der Waals surface area contributed by atoms with E-state index in [1.165, 1.54) is 29.1 Å². The molecule has 0 unspecified atom stereocenters. The number of aromatic nitrogens is 4. The molecular weight excluding hydrogens is 1090 g/mol. The van der Waals surface area contributed by atoms with Crippen molar-refractivity contribution < 1.29 is 23.9 Å². The monoisotopic (exact) mass is 1170 g/mol. The van der Waals surface area contributed by atoms with E-state index in [0.29, 0.717) is 70.1 Å². The first-order valence-corrected chi connectivity index (χ1v) is 31.4. The van der Waals surface area contributed by atoms with E-state index in [4.69, 9.17) is 20.4 Å². The third-order valence-corrected chi connectivity index (χ3v) is 18.5. The summed E-state index contributed by atoms with van der Waals surface area (Å²) in [6, 6.07) is 23.3. The number of anilines is 2. The third kappa shape index (κ3) is 13.3. The molecule has 4 saturated heterocycles. The van der Waals surface area contributed by atoms with Gasteiger partial charge in [0.1, 0.15) is 32.4 Å². The van der Waals surface area contributed by atoms with Crippen LogP contribution in [0.25, 0.3) is 52.2 Å². The number of benzene rings is 2. The third-order valence-electron chi connectivity index (χ3n) is 16.2. The molecule has 4 aliphatic rings. The maximum absolute atomic E-state index is 13.8. The van der Waals surface area contributed by atoms with Gasteiger partial charge in [-0.15, -0.1) is 22.7 Å². The van der Waals surface area contributed by atoms with Crippen LogP contribution in [0.5, 0.6) is 0 Å². The topological polar surface area (TPSA) is 204 Å². The Morgan fingerprint density at radius 3 is 1.58 bits per heavy atom. The number of nitrogens with one attached hydrogen (secondary N) is 1. The number of thiazole rings is 2. The van der Waals surface area contributed by atoms with Crippen molar-refractivity contribution in [3.63, 3.8) is 0 Å². The number of hydrogen-bond donors (Lipinski definition) is 2. The van der Waals surface area contributed by atoms with Crippen LogP contribution >= 0.6 is 22.7 Å². The summed E-state index contributed by atoms with van der Waals surface area (Å²) in [5, 5.41) is 3.84. The highest BCUT2D eigenvalue weighted by Gasteiger charge is 2.27. The van der Waals surface area contributed by atoms with E-state index in [9.17, 15) is 28.8 Å². The van der Waals surface area contributed by atoms with Crippen molar-refractivity contribution in [1.82, 2.24) is 43.7 Å². The SMILES string of the molecule is CCOC(=O)c1c(=O)c2ccc(N3CCCN(C)CC3)nc2n2c1sc1ccccc12.CN1CCCN(c2ccc3c(=O)c(C(=O)NCCCN4CCCCCC4=O)c4sc5ccccc5n4c3n2)CC1.NCCCN1CCCCCC1=O. The lowest BCUT2D eigenvalue weighted by atomic mass is 10.1. The van der Waals surface area contributed by atoms with Crippen molar-refractivity contribution in [2.75, 3.05) is 122 Å². The minimum atomic E-state index is -0.585. The minimum Gasteiger partial charge on any atom is -0.462 e. The number of rotatable bonds is 12. The van der Waals surface area contributed by atoms with Gasteiger partial charge in [0.25, 0.3) is 5.91 Å². The number of hydrogen-bond acceptors (Lipinski definition) is 16. The molecule has 0 bridgehead atoms. The van der Waals surface area contributed by atoms with Crippen LogP contribution in [-0.2, 0) is 14.3 Å². The molecule has 8 aromatic rings. The van der Waals surface area contributed by atoms with Gasteiger partial charge in [0.2, 0.25) is 22.7 Å². The highest BCUT2D eigenvalue weighted by molar-refractivity contribution is 7.24. The fraction of sp³-hybridized carbons (Fsp3) is 0.484. The van der Waals surface area contributed by atoms with E-state index in [0.717, 1.165) is 162 Å². The van der Waals surface area contributed by atoms with Gasteiger partial charge in [0.15, 0.2) is 11.3 Å². The summed E-state index contributed by atoms with van der Waals surface area (Å²) in [6.45, 7) is 13.9. The molecule has 12 rings (SSSR count). The maximum atomic E-state index is 13.8. The van der Waals surface area contributed by atoms with Gasteiger partial charge in [0.05, 0.1) is 37.8 Å². The van der Waals surface area contributed by atoms with Crippen LogP contribution in [0.2, 0.25) is 0 Å². The summed E-state index contributed by atoms with van der Waals surface area (Å²) < 4.78 is 11.1. The Morgan fingerprint density at radius 2 is 1.06 bits per heavy atom. The van der Waals surface area contributed by atoms with Crippen molar-refractivity contribution in [1.29, 1.82) is 0 Å². The lowest BCUT2D eigenvalue weighted by Gasteiger charge is -2.22. The number of carbonyl (C=O) groups excluding carboxylic acids is 4. The molecule has 440 valence electrons. The number of nitrogens with two attached hydrogens (primary N) is 1. The predicted octanol–water partition coefficient (Wildman–Crippen LogP) is 7.85. The number of nitrogens with zero attached hydrogens (tertiary/aromatic N) is 10. The fourth-order valence-corrected chi connectivity index (χ4v) is 14.0. The number of fused-ring (bicyclic) bond motifs is 10. The standard InChI is InChI=1S/C30H36N6O3S.C23H24N4O3S.C9H18N2O/c1-33-15-8-18-34(20-19-33)24-13-12-21-27(38)26(29(39)31-14-7-17-35-16-6-2-3-11-25(35)37)30-36(28(21)32-24)22-9-4-5-10-23(22)40-30;1-3-30-23(29)19-20(28)15-9-10-18(26-12-6-11-25(2)13-14-26)24-21(15)27-16-7-4-5-8-17(16)31-22(19)27;10-6-4-8-11-7-3-1-2-5-9(11)12/h4-5,9-10,12-13H,2-3,6-8,11,14-20H2,1H3,(H,31,39);4-5,7-10H,3,6,11-14H2,1-2H3;1-8,10H2. The summed E-state index contributed by atoms with van der Waals surface area (Å²) in [4.78, 5) is 101. The summed E-state index contributed by atoms with van der Waals surface area (Å²) in [5.74, 6) is 1.26. The molecule has 0 radical (unpaired) electrons. The number of carbonyl (C=O) groups is 4. The zero-order chi connectivity index (χ0) is 58.0. The molecule has 0 atom stereocenters. The molecule has 2 aromatic carbocycles. The lowest BCUT2D eigenvalue weighted by molar-refractivity contribution is -0.131. The number of likely N-dealkylation sites (tertiary alicyclic amines) is 2. The van der Waals surface area contributed by atoms with Gasteiger partial charge in [-0.1, -0.05) is 37.1 Å². The van der Waals surface area contributed by atoms with E-state index in [-0.39, 0.29) is 40.4 Å². The van der Waals surface area contributed by atoms with Crippen LogP contribution < -0.4 is 31.7 Å². The van der Waals surface area contributed by atoms with Crippen molar-refractivity contribution in [2.24, 2.45) is 5.73 Å². The lowest BCUT2D eigenvalue weighted by Crippen LogP contribution is -2.35. The number of esters is 1. The van der Waals surface area contributed by atoms with Crippen molar-refractivity contribution in [3.05, 3.63) is 104 Å². The highest BCUT2D eigenvalue weighted by atomic mass is 32.1. The minimum absolute atomic E-state index is 0.0847. The zero-order valence-corrected chi connectivity index (χ0v) is 49.9. The Morgan fingerprint density at radius 1 is 0.566 bits per heavy atom. The molecule has 3 N–H and O–H groups in total. The zero-order valence-electron chi connectivity index (χ0n) is 48.2. The molecule has 4 aliphatic heterocycles. The number of pyridine rings is 4. The molecular formula is C62H78N12O7S2. The van der Waals surface area contributed by atoms with Gasteiger partial charge >= 0.3 is 5.97 Å². The van der Waals surface area contributed by atoms with Crippen LogP contribution in [-0.4, -0.2) is 174 Å². The smallest absolute Gasteiger partial charge is 0.345 e. The van der Waals surface area contributed by atoms with Gasteiger partial charge < -0.3 is 45.2 Å². The second kappa shape index (κ2) is 27.6. The van der Waals surface area contributed by atoms with Crippen molar-refractivity contribution in [2.45, 2.75) is 84.0 Å². The largest absolute Gasteiger partial charge is 0.462 e. The Balaban J connectivity index is 0.000000158. The highest BCUT2D eigenvalue weighted by Crippen LogP contribution is 2.34. The molecule has 19 nitrogen and oxygen atoms in total. The summed E-state index contributed by atoms with van der Waals surface area (Å²) in [7, 11) is 4.27. The summed E-state index contributed by atoms with van der Waals surface area (Å²) in [5.41, 5.74) is 8.05. The van der Waals surface area contributed by atoms with Crippen molar-refractivity contribution in [3.8, 4) is 0 Å². The Hall–Kier alpha value is -7.04. The summed E-state index contributed by atoms with van der Waals surface area (Å²) in [6.07, 6.45) is 11.5. The van der Waals surface area contributed by atoms with Gasteiger partial charge in [-0.2, -0.15) is 0 Å². The number of amides is 3. The van der Waals surface area contributed by atoms with Gasteiger partial charge in [0, 0.05) is 84.8 Å². The quantitative estimate of drug-likeness (QED) is 0.0884. The van der Waals surface area contributed by atoms with Crippen LogP contribution in [0.3, 0.4) is 0 Å². The van der Waals surface area contributed by atoms with Gasteiger partial charge in [-0.05, 0) is 141 Å². The van der Waals surface area contributed by atoms with E-state index in [1.807, 2.05) is 85.3 Å². The Bertz CT molecular complexity index is 3760. The first kappa shape index (κ1) is 59.1. The molecule has 0 saturated carbocycles. The normalized spacial score (nSPS) is 17.1. The van der Waals surface area contributed by atoms with Gasteiger partial charge in [-0.3, -0.25) is 32.8 Å². The Kier molecular flexibility index (Phi) is 19.6. The van der Waals surface area contributed by atoms with E-state index < -0.39 is 5.97 Å². The first-order chi connectivity index (χ1) is 40.4. The van der Waals surface area contributed by atoms with E-state index in [1.54, 1.807) is 13.0 Å². The summed E-state index contributed by atoms with van der Waals surface area (Å²) >= 11 is 2.86. The molecule has 83 heavy (non-hydrogen) atoms. The average Bonchev–Trinajstić information content (AvgIpc) is 1.93. The van der Waals surface area contributed by atoms with E-state index in [2.05, 4.69) is 39.0 Å². The molecule has 4 fully saturated rings. The molecule has 6 aromatic heterocycles. The maximum Gasteiger partial charge on any atom is 0.345 e. The predicted molar refractivity (Wildman–Crippen MR) is 334 cm³/mol. The molecule has 3 amide bonds. The number of para-hydroxylation sites is 2. The Labute approximate surface area is 491 Å². The van der Waals surface area contributed by atoms with Crippen LogP contribution in [0.1, 0.15) is 105 Å². The van der Waals surface area contributed by atoms with Crippen molar-refractivity contribution >= 4 is 110 Å². The number of likely N-dealkylation sites (N-methyl/N-ethyl adjacent to an activating group) is 2. The molecule has 0 aliphatic carbocycles. The first-order valence-electron chi connectivity index (χ1n) is 29.8. The number of ether oxygens (including phenoxy) is 1. The van der Waals surface area contributed by atoms with Gasteiger partial charge in [-0.25, -0.2) is 14.8 Å². The van der Waals surface area contributed by atoms with E-state index >= 15 is 0 Å². The van der Waals surface area contributed by atoms with Crippen LogP contribution in [0.15, 0.2) is 82.4 Å². The van der Waals surface area contributed by atoms with Crippen LogP contribution in [0.4, 0.5) is 11.6 Å². The molecule has 0 spiro atoms. The average molecular weight is 1170 g/mol. The molecule has 21 heteroatoms. The molecule has 10 heterocycles. The second-order valence-corrected chi connectivity index (χ2v) is 24.1. The fourth-order valence-electron chi connectivity index (χ4n) is 11.6.